The van der Waals surface area contributed by atoms with Crippen LogP contribution in [0, 0.1) is 5.92 Å². The zero-order valence-electron chi connectivity index (χ0n) is 10.9. The number of benzene rings is 1. The molecule has 1 aromatic rings. The quantitative estimate of drug-likeness (QED) is 0.804. The predicted octanol–water partition coefficient (Wildman–Crippen LogP) is 3.86. The average Bonchev–Trinajstić information content (AvgIpc) is 2.42. The third-order valence-electron chi connectivity index (χ3n) is 3.53. The van der Waals surface area contributed by atoms with Crippen molar-refractivity contribution in [1.29, 1.82) is 0 Å². The fraction of sp³-hybridized carbons (Fsp3) is 0.438. The number of hydrogen-bond donors (Lipinski definition) is 0. The zero-order chi connectivity index (χ0) is 12.8. The second-order valence-corrected chi connectivity index (χ2v) is 4.82. The first-order valence-corrected chi connectivity index (χ1v) is 6.63. The molecule has 0 N–H and O–H groups in total. The number of methoxy groups -OCH3 is 1. The van der Waals surface area contributed by atoms with E-state index in [4.69, 9.17) is 4.74 Å². The summed E-state index contributed by atoms with van der Waals surface area (Å²) in [7, 11) is 1.67. The van der Waals surface area contributed by atoms with Crippen LogP contribution < -0.4 is 4.74 Å². The van der Waals surface area contributed by atoms with Gasteiger partial charge in [0.25, 0.3) is 0 Å². The molecule has 1 atom stereocenters. The van der Waals surface area contributed by atoms with Gasteiger partial charge < -0.3 is 4.74 Å². The van der Waals surface area contributed by atoms with Gasteiger partial charge in [-0.1, -0.05) is 30.7 Å². The third kappa shape index (κ3) is 3.46. The average molecular weight is 244 g/mol. The second kappa shape index (κ2) is 6.39. The normalized spacial score (nSPS) is 20.3. The molecule has 0 amide bonds. The Morgan fingerprint density at radius 2 is 2.06 bits per heavy atom. The Balaban J connectivity index is 1.88. The lowest BCUT2D eigenvalue weighted by Crippen LogP contribution is -2.17. The van der Waals surface area contributed by atoms with E-state index in [1.54, 1.807) is 7.11 Å². The van der Waals surface area contributed by atoms with Gasteiger partial charge in [0.15, 0.2) is 0 Å². The lowest BCUT2D eigenvalue weighted by Gasteiger charge is -2.18. The molecular weight excluding hydrogens is 224 g/mol. The van der Waals surface area contributed by atoms with Gasteiger partial charge in [-0.3, -0.25) is 4.79 Å². The van der Waals surface area contributed by atoms with Gasteiger partial charge in [-0.2, -0.15) is 0 Å². The van der Waals surface area contributed by atoms with Crippen molar-refractivity contribution in [2.75, 3.05) is 7.11 Å². The van der Waals surface area contributed by atoms with E-state index in [1.807, 2.05) is 24.3 Å². The standard InChI is InChI=1S/C16H20O2/c1-18-15-11-9-13(10-12-15)5-4-7-14-6-2-3-8-16(14)17/h4-5,9-12,14H,2-3,6-8H2,1H3/b5-4+. The first-order chi connectivity index (χ1) is 8.79. The van der Waals surface area contributed by atoms with Crippen LogP contribution in [0.4, 0.5) is 0 Å². The number of Topliss-reactive ketones (excluding diaryl/α,β-unsaturated/α-hetero) is 1. The number of carbonyl (C=O) groups excluding carboxylic acids is 1. The topological polar surface area (TPSA) is 26.3 Å². The summed E-state index contributed by atoms with van der Waals surface area (Å²) in [6.07, 6.45) is 9.21. The van der Waals surface area contributed by atoms with Crippen molar-refractivity contribution >= 4 is 11.9 Å². The summed E-state index contributed by atoms with van der Waals surface area (Å²) in [5.41, 5.74) is 1.15. The molecule has 2 heteroatoms. The smallest absolute Gasteiger partial charge is 0.136 e. The van der Waals surface area contributed by atoms with Crippen LogP contribution in [-0.2, 0) is 4.79 Å². The van der Waals surface area contributed by atoms with Gasteiger partial charge in [-0.15, -0.1) is 0 Å². The Morgan fingerprint density at radius 1 is 1.28 bits per heavy atom. The van der Waals surface area contributed by atoms with Crippen molar-refractivity contribution in [3.05, 3.63) is 35.9 Å². The SMILES string of the molecule is COc1ccc(/C=C/CC2CCCCC2=O)cc1. The monoisotopic (exact) mass is 244 g/mol. The molecule has 1 fully saturated rings. The molecule has 0 aliphatic heterocycles. The van der Waals surface area contributed by atoms with E-state index in [1.165, 1.54) is 6.42 Å². The minimum atomic E-state index is 0.258. The van der Waals surface area contributed by atoms with Crippen LogP contribution >= 0.6 is 0 Å². The number of rotatable bonds is 4. The lowest BCUT2D eigenvalue weighted by molar-refractivity contribution is -0.124. The highest BCUT2D eigenvalue weighted by Gasteiger charge is 2.20. The third-order valence-corrected chi connectivity index (χ3v) is 3.53. The van der Waals surface area contributed by atoms with E-state index < -0.39 is 0 Å². The van der Waals surface area contributed by atoms with Crippen LogP contribution in [0.15, 0.2) is 30.3 Å². The molecular formula is C16H20O2. The molecule has 1 aromatic carbocycles. The molecule has 0 bridgehead atoms. The van der Waals surface area contributed by atoms with Crippen LogP contribution in [0.3, 0.4) is 0 Å². The first kappa shape index (κ1) is 12.9. The molecule has 1 aliphatic carbocycles. The highest BCUT2D eigenvalue weighted by molar-refractivity contribution is 5.81. The molecule has 18 heavy (non-hydrogen) atoms. The molecule has 2 nitrogen and oxygen atoms in total. The van der Waals surface area contributed by atoms with Crippen molar-refractivity contribution in [3.63, 3.8) is 0 Å². The lowest BCUT2D eigenvalue weighted by atomic mass is 9.85. The van der Waals surface area contributed by atoms with E-state index in [-0.39, 0.29) is 5.92 Å². The molecule has 0 radical (unpaired) electrons. The minimum absolute atomic E-state index is 0.258. The molecule has 0 heterocycles. The molecule has 0 saturated heterocycles. The van der Waals surface area contributed by atoms with Crippen LogP contribution in [-0.4, -0.2) is 12.9 Å². The van der Waals surface area contributed by atoms with Crippen molar-refractivity contribution in [2.45, 2.75) is 32.1 Å². The highest BCUT2D eigenvalue weighted by Crippen LogP contribution is 2.24. The number of carbonyl (C=O) groups is 1. The Morgan fingerprint density at radius 3 is 2.72 bits per heavy atom. The first-order valence-electron chi connectivity index (χ1n) is 6.63. The van der Waals surface area contributed by atoms with Gasteiger partial charge >= 0.3 is 0 Å². The van der Waals surface area contributed by atoms with Gasteiger partial charge in [-0.05, 0) is 37.0 Å². The van der Waals surface area contributed by atoms with Crippen molar-refractivity contribution in [2.24, 2.45) is 5.92 Å². The summed E-state index contributed by atoms with van der Waals surface area (Å²) in [5.74, 6) is 1.57. The summed E-state index contributed by atoms with van der Waals surface area (Å²) < 4.78 is 5.11. The Bertz CT molecular complexity index is 417. The summed E-state index contributed by atoms with van der Waals surface area (Å²) in [6, 6.07) is 7.95. The van der Waals surface area contributed by atoms with E-state index in [0.29, 0.717) is 5.78 Å². The van der Waals surface area contributed by atoms with E-state index in [0.717, 1.165) is 37.0 Å². The molecule has 96 valence electrons. The van der Waals surface area contributed by atoms with Gasteiger partial charge in [0.2, 0.25) is 0 Å². The molecule has 2 rings (SSSR count). The largest absolute Gasteiger partial charge is 0.497 e. The van der Waals surface area contributed by atoms with Gasteiger partial charge in [0, 0.05) is 12.3 Å². The number of ether oxygens (including phenoxy) is 1. The number of hydrogen-bond acceptors (Lipinski definition) is 2. The molecule has 1 saturated carbocycles. The van der Waals surface area contributed by atoms with Crippen LogP contribution in [0.25, 0.3) is 6.08 Å². The minimum Gasteiger partial charge on any atom is -0.497 e. The van der Waals surface area contributed by atoms with Crippen LogP contribution in [0.5, 0.6) is 5.75 Å². The van der Waals surface area contributed by atoms with Crippen molar-refractivity contribution in [1.82, 2.24) is 0 Å². The molecule has 0 aromatic heterocycles. The fourth-order valence-electron chi connectivity index (χ4n) is 2.39. The zero-order valence-corrected chi connectivity index (χ0v) is 10.9. The Kier molecular flexibility index (Phi) is 4.57. The maximum Gasteiger partial charge on any atom is 0.136 e. The Hall–Kier alpha value is -1.57. The van der Waals surface area contributed by atoms with Gasteiger partial charge in [-0.25, -0.2) is 0 Å². The number of ketones is 1. The summed E-state index contributed by atoms with van der Waals surface area (Å²) in [6.45, 7) is 0. The number of allylic oxidation sites excluding steroid dienone is 1. The maximum absolute atomic E-state index is 11.7. The summed E-state index contributed by atoms with van der Waals surface area (Å²) in [4.78, 5) is 11.7. The molecule has 1 aliphatic rings. The van der Waals surface area contributed by atoms with E-state index in [9.17, 15) is 4.79 Å². The molecule has 0 spiro atoms. The fourth-order valence-corrected chi connectivity index (χ4v) is 2.39. The Labute approximate surface area is 109 Å². The highest BCUT2D eigenvalue weighted by atomic mass is 16.5. The van der Waals surface area contributed by atoms with E-state index >= 15 is 0 Å². The van der Waals surface area contributed by atoms with Crippen molar-refractivity contribution in [3.8, 4) is 5.75 Å². The summed E-state index contributed by atoms with van der Waals surface area (Å²) >= 11 is 0. The van der Waals surface area contributed by atoms with Crippen LogP contribution in [0.1, 0.15) is 37.7 Å². The van der Waals surface area contributed by atoms with Crippen LogP contribution in [0.2, 0.25) is 0 Å². The second-order valence-electron chi connectivity index (χ2n) is 4.82. The van der Waals surface area contributed by atoms with Crippen molar-refractivity contribution < 1.29 is 9.53 Å². The van der Waals surface area contributed by atoms with E-state index in [2.05, 4.69) is 12.2 Å². The van der Waals surface area contributed by atoms with Gasteiger partial charge in [0.1, 0.15) is 11.5 Å². The summed E-state index contributed by atoms with van der Waals surface area (Å²) in [5, 5.41) is 0. The maximum atomic E-state index is 11.7. The van der Waals surface area contributed by atoms with Gasteiger partial charge in [0.05, 0.1) is 7.11 Å². The predicted molar refractivity (Wildman–Crippen MR) is 73.6 cm³/mol. The molecule has 1 unspecified atom stereocenters.